The molecule has 1 aliphatic rings. The zero-order valence-corrected chi connectivity index (χ0v) is 22.6. The van der Waals surface area contributed by atoms with Gasteiger partial charge in [-0.25, -0.2) is 4.79 Å². The highest BCUT2D eigenvalue weighted by Crippen LogP contribution is 2.43. The topological polar surface area (TPSA) is 137 Å². The lowest BCUT2D eigenvalue weighted by atomic mass is 9.98. The fourth-order valence-electron chi connectivity index (χ4n) is 4.19. The predicted molar refractivity (Wildman–Crippen MR) is 142 cm³/mol. The summed E-state index contributed by atoms with van der Waals surface area (Å²) in [7, 11) is 1.54. The molecule has 3 rings (SSSR count). The number of methoxy groups -OCH3 is 1. The number of anilines is 1. The number of aryl methyl sites for hydroxylation is 1. The average molecular weight is 528 g/mol. The van der Waals surface area contributed by atoms with Crippen molar-refractivity contribution in [2.24, 2.45) is 5.92 Å². The second kappa shape index (κ2) is 11.7. The quantitative estimate of drug-likeness (QED) is 0.392. The molecule has 0 bridgehead atoms. The Kier molecular flexibility index (Phi) is 8.88. The van der Waals surface area contributed by atoms with Crippen molar-refractivity contribution in [3.8, 4) is 11.5 Å². The molecular formula is C28H37N3O7. The molecule has 1 fully saturated rings. The average Bonchev–Trinajstić information content (AvgIpc) is 3.57. The van der Waals surface area contributed by atoms with Crippen LogP contribution in [0.5, 0.6) is 11.5 Å². The molecule has 1 saturated carbocycles. The van der Waals surface area contributed by atoms with E-state index in [1.165, 1.54) is 12.0 Å². The van der Waals surface area contributed by atoms with E-state index >= 15 is 0 Å². The number of benzene rings is 2. The van der Waals surface area contributed by atoms with Gasteiger partial charge in [0, 0.05) is 17.3 Å². The van der Waals surface area contributed by atoms with Gasteiger partial charge in [0.05, 0.1) is 13.7 Å². The van der Waals surface area contributed by atoms with Crippen LogP contribution in [0.3, 0.4) is 0 Å². The number of ether oxygens (including phenoxy) is 2. The number of nitrogens with one attached hydrogen (secondary N) is 2. The van der Waals surface area contributed by atoms with E-state index < -0.39 is 42.2 Å². The van der Waals surface area contributed by atoms with Gasteiger partial charge in [-0.3, -0.25) is 9.59 Å². The molecule has 2 aromatic carbocycles. The maximum Gasteiger partial charge on any atom is 0.408 e. The lowest BCUT2D eigenvalue weighted by Crippen LogP contribution is -2.54. The molecule has 4 unspecified atom stereocenters. The van der Waals surface area contributed by atoms with Gasteiger partial charge in [0.25, 0.3) is 5.91 Å². The van der Waals surface area contributed by atoms with Crippen molar-refractivity contribution in [1.29, 1.82) is 0 Å². The number of para-hydroxylation sites is 1. The third-order valence-corrected chi connectivity index (χ3v) is 6.30. The highest BCUT2D eigenvalue weighted by molar-refractivity contribution is 5.99. The van der Waals surface area contributed by atoms with E-state index in [0.717, 1.165) is 0 Å². The maximum absolute atomic E-state index is 13.9. The smallest absolute Gasteiger partial charge is 0.408 e. The molecule has 206 valence electrons. The van der Waals surface area contributed by atoms with Gasteiger partial charge in [0.2, 0.25) is 5.91 Å². The van der Waals surface area contributed by atoms with E-state index in [0.29, 0.717) is 23.4 Å². The van der Waals surface area contributed by atoms with E-state index in [4.69, 9.17) is 9.47 Å². The van der Waals surface area contributed by atoms with Gasteiger partial charge in [0.15, 0.2) is 0 Å². The van der Waals surface area contributed by atoms with Crippen molar-refractivity contribution in [2.45, 2.75) is 64.8 Å². The minimum absolute atomic E-state index is 0.0723. The fraction of sp³-hybridized carbons (Fsp3) is 0.464. The predicted octanol–water partition coefficient (Wildman–Crippen LogP) is 3.51. The van der Waals surface area contributed by atoms with Crippen LogP contribution < -0.4 is 15.4 Å². The Bertz CT molecular complexity index is 1160. The third-order valence-electron chi connectivity index (χ3n) is 6.30. The van der Waals surface area contributed by atoms with E-state index in [1.807, 2.05) is 6.92 Å². The van der Waals surface area contributed by atoms with E-state index in [2.05, 4.69) is 10.6 Å². The molecule has 0 aliphatic heterocycles. The number of amides is 3. The van der Waals surface area contributed by atoms with Crippen LogP contribution in [0.2, 0.25) is 0 Å². The number of nitrogens with zero attached hydrogens (tertiary/aromatic N) is 1. The van der Waals surface area contributed by atoms with Gasteiger partial charge in [-0.05, 0) is 69.9 Å². The molecule has 0 radical (unpaired) electrons. The van der Waals surface area contributed by atoms with Crippen LogP contribution in [-0.2, 0) is 14.3 Å². The van der Waals surface area contributed by atoms with Gasteiger partial charge in [0.1, 0.15) is 29.2 Å². The summed E-state index contributed by atoms with van der Waals surface area (Å²) in [5.41, 5.74) is 0.421. The standard InChI is InChI=1S/C28H37N3O7/c1-16-8-7-9-20(24(16)33)23(25(34)29-18-10-12-19(37-6)13-11-18)31(22-14-17(22)2)26(35)21(15-32)30-27(36)38-28(3,4)5/h7-13,17,21-23,32-33H,14-15H2,1-6H3,(H,29,34)(H,30,36). The number of hydrogen-bond acceptors (Lipinski definition) is 7. The van der Waals surface area contributed by atoms with Gasteiger partial charge in [-0.15, -0.1) is 0 Å². The van der Waals surface area contributed by atoms with Crippen LogP contribution in [0.15, 0.2) is 42.5 Å². The van der Waals surface area contributed by atoms with Gasteiger partial charge in [-0.1, -0.05) is 25.1 Å². The number of carbonyl (C=O) groups is 3. The van der Waals surface area contributed by atoms with Crippen molar-refractivity contribution in [2.75, 3.05) is 19.0 Å². The molecule has 0 aromatic heterocycles. The fourth-order valence-corrected chi connectivity index (χ4v) is 4.19. The number of hydrogen-bond donors (Lipinski definition) is 4. The molecule has 10 heteroatoms. The lowest BCUT2D eigenvalue weighted by molar-refractivity contribution is -0.142. The molecule has 2 aromatic rings. The van der Waals surface area contributed by atoms with E-state index in [1.54, 1.807) is 70.2 Å². The van der Waals surface area contributed by atoms with Crippen LogP contribution >= 0.6 is 0 Å². The molecule has 1 aliphatic carbocycles. The summed E-state index contributed by atoms with van der Waals surface area (Å²) in [4.78, 5) is 41.5. The Hall–Kier alpha value is -3.79. The Morgan fingerprint density at radius 2 is 1.76 bits per heavy atom. The minimum Gasteiger partial charge on any atom is -0.507 e. The number of alkyl carbamates (subject to hydrolysis) is 1. The summed E-state index contributed by atoms with van der Waals surface area (Å²) >= 11 is 0. The summed E-state index contributed by atoms with van der Waals surface area (Å²) in [6.45, 7) is 7.97. The van der Waals surface area contributed by atoms with Gasteiger partial charge < -0.3 is 35.2 Å². The first kappa shape index (κ1) is 28.8. The largest absolute Gasteiger partial charge is 0.507 e. The number of aliphatic hydroxyl groups excluding tert-OH is 1. The highest BCUT2D eigenvalue weighted by atomic mass is 16.6. The van der Waals surface area contributed by atoms with Crippen LogP contribution in [0, 0.1) is 12.8 Å². The van der Waals surface area contributed by atoms with Crippen molar-refractivity contribution in [3.05, 3.63) is 53.6 Å². The Morgan fingerprint density at radius 1 is 1.13 bits per heavy atom. The Labute approximate surface area is 222 Å². The molecule has 38 heavy (non-hydrogen) atoms. The first-order valence-corrected chi connectivity index (χ1v) is 12.5. The summed E-state index contributed by atoms with van der Waals surface area (Å²) in [6.07, 6.45) is -0.249. The molecule has 0 spiro atoms. The zero-order valence-electron chi connectivity index (χ0n) is 22.6. The molecular weight excluding hydrogens is 490 g/mol. The number of phenolic OH excluding ortho intramolecular Hbond substituents is 1. The van der Waals surface area contributed by atoms with Crippen molar-refractivity contribution in [3.63, 3.8) is 0 Å². The summed E-state index contributed by atoms with van der Waals surface area (Å²) in [5, 5.41) is 26.3. The second-order valence-electron chi connectivity index (χ2n) is 10.5. The molecule has 0 heterocycles. The molecule has 4 atom stereocenters. The number of phenols is 1. The van der Waals surface area contributed by atoms with Crippen molar-refractivity contribution >= 4 is 23.6 Å². The summed E-state index contributed by atoms with van der Waals surface area (Å²) in [6, 6.07) is 8.73. The van der Waals surface area contributed by atoms with E-state index in [9.17, 15) is 24.6 Å². The van der Waals surface area contributed by atoms with Crippen LogP contribution in [0.25, 0.3) is 0 Å². The van der Waals surface area contributed by atoms with E-state index in [-0.39, 0.29) is 23.3 Å². The molecule has 10 nitrogen and oxygen atoms in total. The lowest BCUT2D eigenvalue weighted by Gasteiger charge is -2.35. The van der Waals surface area contributed by atoms with Crippen LogP contribution in [0.1, 0.15) is 51.3 Å². The highest BCUT2D eigenvalue weighted by Gasteiger charge is 2.48. The number of aromatic hydroxyl groups is 1. The maximum atomic E-state index is 13.9. The van der Waals surface area contributed by atoms with Crippen molar-refractivity contribution < 1.29 is 34.1 Å². The monoisotopic (exact) mass is 527 g/mol. The Balaban J connectivity index is 2.01. The third kappa shape index (κ3) is 6.95. The zero-order chi connectivity index (χ0) is 28.2. The SMILES string of the molecule is COc1ccc(NC(=O)C(c2cccc(C)c2O)N(C(=O)C(CO)NC(=O)OC(C)(C)C)C2CC2C)cc1. The second-order valence-corrected chi connectivity index (χ2v) is 10.5. The molecule has 4 N–H and O–H groups in total. The summed E-state index contributed by atoms with van der Waals surface area (Å²) in [5.74, 6) is -0.656. The Morgan fingerprint density at radius 3 is 2.29 bits per heavy atom. The number of rotatable bonds is 9. The first-order valence-electron chi connectivity index (χ1n) is 12.5. The molecule has 3 amide bonds. The van der Waals surface area contributed by atoms with Crippen LogP contribution in [0.4, 0.5) is 10.5 Å². The first-order chi connectivity index (χ1) is 17.9. The van der Waals surface area contributed by atoms with Crippen molar-refractivity contribution in [1.82, 2.24) is 10.2 Å². The molecule has 0 saturated heterocycles. The summed E-state index contributed by atoms with van der Waals surface area (Å²) < 4.78 is 10.4. The van der Waals surface area contributed by atoms with Crippen LogP contribution in [-0.4, -0.2) is 64.4 Å². The minimum atomic E-state index is -1.36. The normalized spacial score (nSPS) is 18.1. The number of aliphatic hydroxyl groups is 1. The van der Waals surface area contributed by atoms with Gasteiger partial charge in [-0.2, -0.15) is 0 Å². The number of carbonyl (C=O) groups excluding carboxylic acids is 3. The van der Waals surface area contributed by atoms with Gasteiger partial charge >= 0.3 is 6.09 Å².